The van der Waals surface area contributed by atoms with Crippen LogP contribution in [0.4, 0.5) is 4.39 Å². The van der Waals surface area contributed by atoms with Crippen LogP contribution in [0.15, 0.2) is 36.7 Å². The van der Waals surface area contributed by atoms with Crippen LogP contribution in [-0.4, -0.2) is 18.1 Å². The summed E-state index contributed by atoms with van der Waals surface area (Å²) < 4.78 is 19.7. The molecule has 0 spiro atoms. The minimum absolute atomic E-state index is 0.265. The van der Waals surface area contributed by atoms with Crippen LogP contribution in [0.2, 0.25) is 5.02 Å². The van der Waals surface area contributed by atoms with Gasteiger partial charge in [0.05, 0.1) is 11.2 Å². The molecule has 3 nitrogen and oxygen atoms in total. The summed E-state index contributed by atoms with van der Waals surface area (Å²) >= 11 is 6.27. The molecule has 2 atom stereocenters. The number of nitrogens with zero attached hydrogens (tertiary/aromatic N) is 1. The van der Waals surface area contributed by atoms with Crippen molar-refractivity contribution in [3.05, 3.63) is 58.6 Å². The Kier molecular flexibility index (Phi) is 4.60. The number of aromatic nitrogens is 1. The Balaban J connectivity index is 1.91. The summed E-state index contributed by atoms with van der Waals surface area (Å²) in [5, 5.41) is 3.89. The van der Waals surface area contributed by atoms with Crippen LogP contribution in [0.25, 0.3) is 0 Å². The molecule has 0 saturated carbocycles. The van der Waals surface area contributed by atoms with Crippen molar-refractivity contribution < 1.29 is 9.13 Å². The quantitative estimate of drug-likeness (QED) is 0.927. The van der Waals surface area contributed by atoms with Gasteiger partial charge in [0.15, 0.2) is 0 Å². The van der Waals surface area contributed by atoms with Crippen molar-refractivity contribution in [1.29, 1.82) is 0 Å². The van der Waals surface area contributed by atoms with E-state index in [1.807, 2.05) is 25.1 Å². The molecule has 2 heterocycles. The van der Waals surface area contributed by atoms with Gasteiger partial charge in [-0.2, -0.15) is 0 Å². The first-order valence-electron chi connectivity index (χ1n) is 7.37. The van der Waals surface area contributed by atoms with E-state index in [1.165, 1.54) is 12.3 Å². The highest BCUT2D eigenvalue weighted by Crippen LogP contribution is 2.35. The second-order valence-electron chi connectivity index (χ2n) is 5.66. The lowest BCUT2D eigenvalue weighted by molar-refractivity contribution is 0.144. The van der Waals surface area contributed by atoms with E-state index < -0.39 is 0 Å². The summed E-state index contributed by atoms with van der Waals surface area (Å²) in [7, 11) is 0. The van der Waals surface area contributed by atoms with Gasteiger partial charge in [0.2, 0.25) is 0 Å². The topological polar surface area (TPSA) is 34.1 Å². The number of hydrogen-bond donors (Lipinski definition) is 1. The SMILES string of the molecule is Cc1ccc(O[C@H](c2cncc(F)c2)[C@@H]2CCNC2)c(Cl)c1. The van der Waals surface area contributed by atoms with Crippen molar-refractivity contribution in [3.63, 3.8) is 0 Å². The third-order valence-corrected chi connectivity index (χ3v) is 4.22. The average Bonchev–Trinajstić information content (AvgIpc) is 3.00. The highest BCUT2D eigenvalue weighted by molar-refractivity contribution is 6.32. The smallest absolute Gasteiger partial charge is 0.141 e. The van der Waals surface area contributed by atoms with Crippen LogP contribution in [0.5, 0.6) is 5.75 Å². The van der Waals surface area contributed by atoms with E-state index in [4.69, 9.17) is 16.3 Å². The molecule has 1 aliphatic heterocycles. The Bertz CT molecular complexity index is 659. The highest BCUT2D eigenvalue weighted by Gasteiger charge is 2.29. The standard InChI is InChI=1S/C17H18ClFN2O/c1-11-2-3-16(15(18)6-11)22-17(12-4-5-20-8-12)13-7-14(19)10-21-9-13/h2-3,6-7,9-10,12,17,20H,4-5,8H2,1H3/t12-,17+/m1/s1. The molecule has 0 aliphatic carbocycles. The Morgan fingerprint density at radius 3 is 2.91 bits per heavy atom. The predicted octanol–water partition coefficient (Wildman–Crippen LogP) is 3.91. The monoisotopic (exact) mass is 320 g/mol. The molecule has 1 N–H and O–H groups in total. The van der Waals surface area contributed by atoms with Crippen LogP contribution in [0.3, 0.4) is 0 Å². The molecule has 0 amide bonds. The van der Waals surface area contributed by atoms with Gasteiger partial charge in [-0.15, -0.1) is 0 Å². The van der Waals surface area contributed by atoms with Gasteiger partial charge in [-0.1, -0.05) is 17.7 Å². The van der Waals surface area contributed by atoms with Gasteiger partial charge < -0.3 is 10.1 Å². The molecule has 0 unspecified atom stereocenters. The fourth-order valence-electron chi connectivity index (χ4n) is 2.79. The Labute approximate surface area is 134 Å². The van der Waals surface area contributed by atoms with Crippen LogP contribution < -0.4 is 10.1 Å². The number of aryl methyl sites for hydroxylation is 1. The van der Waals surface area contributed by atoms with Gasteiger partial charge in [-0.05, 0) is 43.7 Å². The van der Waals surface area contributed by atoms with E-state index in [2.05, 4.69) is 10.3 Å². The molecule has 0 radical (unpaired) electrons. The number of rotatable bonds is 4. The minimum Gasteiger partial charge on any atom is -0.484 e. The van der Waals surface area contributed by atoms with Gasteiger partial charge in [0.25, 0.3) is 0 Å². The van der Waals surface area contributed by atoms with Crippen molar-refractivity contribution in [3.8, 4) is 5.75 Å². The fraction of sp³-hybridized carbons (Fsp3) is 0.353. The third kappa shape index (κ3) is 3.39. The molecular formula is C17H18ClFN2O. The Hall–Kier alpha value is -1.65. The molecule has 2 aromatic rings. The van der Waals surface area contributed by atoms with Crippen LogP contribution in [0.1, 0.15) is 23.7 Å². The van der Waals surface area contributed by atoms with E-state index in [0.717, 1.165) is 30.6 Å². The highest BCUT2D eigenvalue weighted by atomic mass is 35.5. The largest absolute Gasteiger partial charge is 0.484 e. The molecule has 1 aromatic heterocycles. The van der Waals surface area contributed by atoms with Crippen LogP contribution in [-0.2, 0) is 0 Å². The number of halogens is 2. The molecule has 3 rings (SSSR count). The van der Waals surface area contributed by atoms with Crippen LogP contribution >= 0.6 is 11.6 Å². The van der Waals surface area contributed by atoms with E-state index in [-0.39, 0.29) is 17.8 Å². The van der Waals surface area contributed by atoms with Crippen molar-refractivity contribution in [1.82, 2.24) is 10.3 Å². The number of hydrogen-bond acceptors (Lipinski definition) is 3. The molecule has 1 saturated heterocycles. The zero-order chi connectivity index (χ0) is 15.5. The van der Waals surface area contributed by atoms with Gasteiger partial charge in [-0.3, -0.25) is 4.98 Å². The summed E-state index contributed by atoms with van der Waals surface area (Å²) in [5.74, 6) is 0.529. The lowest BCUT2D eigenvalue weighted by atomic mass is 9.96. The molecule has 5 heteroatoms. The summed E-state index contributed by atoms with van der Waals surface area (Å²) in [6.07, 6.45) is 3.57. The van der Waals surface area contributed by atoms with Gasteiger partial charge in [0.1, 0.15) is 17.7 Å². The summed E-state index contributed by atoms with van der Waals surface area (Å²) in [5.41, 5.74) is 1.81. The Morgan fingerprint density at radius 1 is 1.36 bits per heavy atom. The molecule has 22 heavy (non-hydrogen) atoms. The number of pyridine rings is 1. The van der Waals surface area contributed by atoms with Gasteiger partial charge in [-0.25, -0.2) is 4.39 Å². The lowest BCUT2D eigenvalue weighted by Crippen LogP contribution is -2.22. The number of nitrogens with one attached hydrogen (secondary N) is 1. The maximum atomic E-state index is 13.5. The summed E-state index contributed by atoms with van der Waals surface area (Å²) in [4.78, 5) is 3.95. The Morgan fingerprint density at radius 2 is 2.23 bits per heavy atom. The first-order chi connectivity index (χ1) is 10.6. The van der Waals surface area contributed by atoms with E-state index in [1.54, 1.807) is 6.20 Å². The first-order valence-corrected chi connectivity index (χ1v) is 7.75. The molecule has 0 bridgehead atoms. The van der Waals surface area contributed by atoms with E-state index in [9.17, 15) is 4.39 Å². The number of benzene rings is 1. The molecule has 1 aromatic carbocycles. The van der Waals surface area contributed by atoms with Crippen molar-refractivity contribution in [2.45, 2.75) is 19.4 Å². The first kappa shape index (κ1) is 15.3. The van der Waals surface area contributed by atoms with E-state index >= 15 is 0 Å². The summed E-state index contributed by atoms with van der Waals surface area (Å²) in [6, 6.07) is 7.16. The average molecular weight is 321 g/mol. The predicted molar refractivity (Wildman–Crippen MR) is 84.7 cm³/mol. The van der Waals surface area contributed by atoms with E-state index in [0.29, 0.717) is 10.8 Å². The van der Waals surface area contributed by atoms with Crippen LogP contribution in [0, 0.1) is 18.7 Å². The van der Waals surface area contributed by atoms with Crippen molar-refractivity contribution >= 4 is 11.6 Å². The minimum atomic E-state index is -0.355. The normalized spacial score (nSPS) is 19.1. The molecular weight excluding hydrogens is 303 g/mol. The second-order valence-corrected chi connectivity index (χ2v) is 6.07. The lowest BCUT2D eigenvalue weighted by Gasteiger charge is -2.25. The van der Waals surface area contributed by atoms with Gasteiger partial charge >= 0.3 is 0 Å². The van der Waals surface area contributed by atoms with Crippen molar-refractivity contribution in [2.75, 3.05) is 13.1 Å². The fourth-order valence-corrected chi connectivity index (χ4v) is 3.07. The maximum Gasteiger partial charge on any atom is 0.141 e. The third-order valence-electron chi connectivity index (χ3n) is 3.92. The molecule has 116 valence electrons. The van der Waals surface area contributed by atoms with Crippen molar-refractivity contribution in [2.24, 2.45) is 5.92 Å². The summed E-state index contributed by atoms with van der Waals surface area (Å²) in [6.45, 7) is 3.75. The molecule has 1 fully saturated rings. The van der Waals surface area contributed by atoms with Gasteiger partial charge in [0, 0.05) is 24.2 Å². The number of ether oxygens (including phenoxy) is 1. The second kappa shape index (κ2) is 6.63. The maximum absolute atomic E-state index is 13.5. The molecule has 1 aliphatic rings. The zero-order valence-corrected chi connectivity index (χ0v) is 13.1. The zero-order valence-electron chi connectivity index (χ0n) is 12.4.